The smallest absolute Gasteiger partial charge is 0.397 e. The second-order valence-electron chi connectivity index (χ2n) is 3.73. The fourth-order valence-corrected chi connectivity index (χ4v) is 1.33. The van der Waals surface area contributed by atoms with Crippen LogP contribution in [0.4, 0.5) is 5.69 Å². The lowest BCUT2D eigenvalue weighted by atomic mass is 10.5. The minimum absolute atomic E-state index is 0.300. The van der Waals surface area contributed by atoms with Crippen LogP contribution in [-0.4, -0.2) is 42.0 Å². The van der Waals surface area contributed by atoms with Crippen LogP contribution in [0.1, 0.15) is 25.8 Å². The van der Waals surface area contributed by atoms with Gasteiger partial charge >= 0.3 is 11.6 Å². The normalized spacial score (nSPS) is 13.0. The molecule has 1 aliphatic rings. The van der Waals surface area contributed by atoms with Gasteiger partial charge in [-0.15, -0.1) is 5.10 Å². The van der Waals surface area contributed by atoms with Gasteiger partial charge in [0, 0.05) is 0 Å². The summed E-state index contributed by atoms with van der Waals surface area (Å²) in [6, 6.07) is 0.419. The number of carbonyl (C=O) groups excluding carboxylic acids is 1. The van der Waals surface area contributed by atoms with Crippen LogP contribution < -0.4 is 4.74 Å². The Hall–Kier alpha value is -2.12. The van der Waals surface area contributed by atoms with Gasteiger partial charge in [0.1, 0.15) is 6.20 Å². The zero-order chi connectivity index (χ0) is 14.3. The molecule has 1 fully saturated rings. The summed E-state index contributed by atoms with van der Waals surface area (Å²) in [5.41, 5.74) is 0.307. The third-order valence-electron chi connectivity index (χ3n) is 2.39. The van der Waals surface area contributed by atoms with Crippen molar-refractivity contribution in [2.45, 2.75) is 25.8 Å². The minimum atomic E-state index is 0.300. The monoisotopic (exact) mass is 272 g/mol. The van der Waals surface area contributed by atoms with Crippen molar-refractivity contribution in [1.82, 2.24) is 9.78 Å². The number of hydrogen-bond donors (Lipinski definition) is 0. The molecule has 106 valence electrons. The van der Waals surface area contributed by atoms with Crippen molar-refractivity contribution in [2.24, 2.45) is 0 Å². The highest BCUT2D eigenvalue weighted by Gasteiger charge is 2.32. The fraction of sp³-hybridized carbons (Fsp3) is 0.636. The van der Waals surface area contributed by atoms with Crippen LogP contribution in [0.5, 0.6) is 5.88 Å². The first-order valence-electron chi connectivity index (χ1n) is 5.87. The Labute approximate surface area is 110 Å². The second-order valence-corrected chi connectivity index (χ2v) is 3.73. The van der Waals surface area contributed by atoms with Gasteiger partial charge < -0.3 is 9.47 Å². The largest absolute Gasteiger partial charge is 0.475 e. The van der Waals surface area contributed by atoms with Gasteiger partial charge in [-0.2, -0.15) is 0 Å². The number of aromatic nitrogens is 2. The summed E-state index contributed by atoms with van der Waals surface area (Å²) in [5.74, 6) is 0.300. The summed E-state index contributed by atoms with van der Waals surface area (Å²) in [6.07, 6.45) is 3.86. The average molecular weight is 272 g/mol. The highest BCUT2D eigenvalue weighted by Crippen LogP contribution is 2.37. The van der Waals surface area contributed by atoms with E-state index in [1.807, 2.05) is 0 Å². The Bertz CT molecular complexity index is 428. The highest BCUT2D eigenvalue weighted by atomic mass is 16.8. The predicted molar refractivity (Wildman–Crippen MR) is 65.0 cm³/mol. The van der Waals surface area contributed by atoms with E-state index in [-0.39, 0.29) is 0 Å². The molecule has 1 heterocycles. The molecule has 0 saturated heterocycles. The first kappa shape index (κ1) is 14.9. The molecular formula is C11H18N3O5+. The Morgan fingerprint density at radius 2 is 2.21 bits per heavy atom. The first-order valence-corrected chi connectivity index (χ1v) is 5.87. The fourth-order valence-electron chi connectivity index (χ4n) is 1.33. The van der Waals surface area contributed by atoms with E-state index in [9.17, 15) is 9.70 Å². The maximum atomic E-state index is 11.2. The standard InChI is InChI=1S/C8H12N3O3.C3H6O2/c1-13-8-7(11(12)14-2)5-10(9-8)6-3-4-6;1-2-5-3-4/h5-6H,3-4H2,1-2H3;3H,2H2,1H3/q+1;. The van der Waals surface area contributed by atoms with E-state index in [0.29, 0.717) is 35.6 Å². The zero-order valence-electron chi connectivity index (χ0n) is 11.2. The molecule has 0 aromatic carbocycles. The number of rotatable bonds is 6. The molecule has 0 aliphatic heterocycles. The molecule has 0 bridgehead atoms. The molecule has 1 aromatic heterocycles. The lowest BCUT2D eigenvalue weighted by molar-refractivity contribution is -0.736. The number of nitrogens with zero attached hydrogens (tertiary/aromatic N) is 3. The molecule has 2 rings (SSSR count). The molecule has 1 aliphatic carbocycles. The van der Waals surface area contributed by atoms with Crippen LogP contribution in [0.3, 0.4) is 0 Å². The van der Waals surface area contributed by atoms with Crippen LogP contribution >= 0.6 is 0 Å². The van der Waals surface area contributed by atoms with Gasteiger partial charge in [-0.05, 0) is 19.8 Å². The highest BCUT2D eigenvalue weighted by molar-refractivity contribution is 5.38. The average Bonchev–Trinajstić information content (AvgIpc) is 3.19. The van der Waals surface area contributed by atoms with Gasteiger partial charge in [0.15, 0.2) is 7.11 Å². The Kier molecular flexibility index (Phi) is 5.77. The van der Waals surface area contributed by atoms with E-state index in [0.717, 1.165) is 12.8 Å². The zero-order valence-corrected chi connectivity index (χ0v) is 11.2. The lowest BCUT2D eigenvalue weighted by Gasteiger charge is -1.92. The van der Waals surface area contributed by atoms with Crippen molar-refractivity contribution < 1.29 is 24.0 Å². The summed E-state index contributed by atoms with van der Waals surface area (Å²) in [5, 5.41) is 4.13. The summed E-state index contributed by atoms with van der Waals surface area (Å²) >= 11 is 0. The van der Waals surface area contributed by atoms with Crippen LogP contribution in [0.25, 0.3) is 0 Å². The SMILES string of the molecule is CCOC=O.COc1nn(C2CC2)cc1[N+](=O)OC. The molecule has 8 heteroatoms. The van der Waals surface area contributed by atoms with Gasteiger partial charge in [-0.3, -0.25) is 9.48 Å². The van der Waals surface area contributed by atoms with Crippen LogP contribution in [0.2, 0.25) is 0 Å². The Morgan fingerprint density at radius 1 is 1.53 bits per heavy atom. The van der Waals surface area contributed by atoms with E-state index in [1.54, 1.807) is 17.8 Å². The van der Waals surface area contributed by atoms with Crippen molar-refractivity contribution in [1.29, 1.82) is 0 Å². The van der Waals surface area contributed by atoms with Gasteiger partial charge in [-0.1, -0.05) is 0 Å². The summed E-state index contributed by atoms with van der Waals surface area (Å²) < 4.78 is 10.9. The molecular weight excluding hydrogens is 254 g/mol. The predicted octanol–water partition coefficient (Wildman–Crippen LogP) is 1.38. The number of carbonyl (C=O) groups is 1. The Balaban J connectivity index is 0.000000312. The first-order chi connectivity index (χ1) is 9.17. The van der Waals surface area contributed by atoms with E-state index < -0.39 is 0 Å². The maximum Gasteiger partial charge on any atom is 0.397 e. The molecule has 1 aromatic rings. The molecule has 8 nitrogen and oxygen atoms in total. The quantitative estimate of drug-likeness (QED) is 0.574. The minimum Gasteiger partial charge on any atom is -0.475 e. The summed E-state index contributed by atoms with van der Waals surface area (Å²) in [6.45, 7) is 2.66. The van der Waals surface area contributed by atoms with Gasteiger partial charge in [-0.25, -0.2) is 4.84 Å². The lowest BCUT2D eigenvalue weighted by Crippen LogP contribution is -1.98. The summed E-state index contributed by atoms with van der Waals surface area (Å²) in [7, 11) is 2.79. The number of ether oxygens (including phenoxy) is 2. The van der Waals surface area contributed by atoms with E-state index >= 15 is 0 Å². The van der Waals surface area contributed by atoms with Crippen LogP contribution in [-0.2, 0) is 14.4 Å². The van der Waals surface area contributed by atoms with Crippen molar-refractivity contribution in [3.8, 4) is 5.88 Å². The molecule has 0 amide bonds. The van der Waals surface area contributed by atoms with Crippen LogP contribution in [0.15, 0.2) is 6.20 Å². The molecule has 0 N–H and O–H groups in total. The third-order valence-corrected chi connectivity index (χ3v) is 2.39. The number of methoxy groups -OCH3 is 1. The molecule has 0 unspecified atom stereocenters. The van der Waals surface area contributed by atoms with Crippen molar-refractivity contribution in [2.75, 3.05) is 20.8 Å². The molecule has 19 heavy (non-hydrogen) atoms. The van der Waals surface area contributed by atoms with Gasteiger partial charge in [0.05, 0.1) is 24.7 Å². The Morgan fingerprint density at radius 3 is 2.58 bits per heavy atom. The number of hydrogen-bond acceptors (Lipinski definition) is 6. The van der Waals surface area contributed by atoms with Gasteiger partial charge in [0.25, 0.3) is 11.4 Å². The second kappa shape index (κ2) is 7.34. The molecule has 1 saturated carbocycles. The van der Waals surface area contributed by atoms with Crippen molar-refractivity contribution in [3.63, 3.8) is 0 Å². The van der Waals surface area contributed by atoms with Crippen molar-refractivity contribution in [3.05, 3.63) is 11.1 Å². The molecule has 0 atom stereocenters. The summed E-state index contributed by atoms with van der Waals surface area (Å²) in [4.78, 5) is 25.3. The molecule has 0 spiro atoms. The van der Waals surface area contributed by atoms with E-state index in [1.165, 1.54) is 14.2 Å². The topological polar surface area (TPSA) is 82.7 Å². The maximum absolute atomic E-state index is 11.2. The van der Waals surface area contributed by atoms with E-state index in [4.69, 9.17) is 4.74 Å². The van der Waals surface area contributed by atoms with Crippen LogP contribution in [0, 0.1) is 4.91 Å². The third kappa shape index (κ3) is 4.23. The molecule has 0 radical (unpaired) electrons. The van der Waals surface area contributed by atoms with Crippen molar-refractivity contribution >= 4 is 12.2 Å². The van der Waals surface area contributed by atoms with E-state index in [2.05, 4.69) is 14.7 Å². The van der Waals surface area contributed by atoms with Gasteiger partial charge in [0.2, 0.25) is 0 Å².